The quantitative estimate of drug-likeness (QED) is 0.436. The normalized spacial score (nSPS) is 10.4. The van der Waals surface area contributed by atoms with Gasteiger partial charge in [-0.1, -0.05) is 19.4 Å². The zero-order valence-electron chi connectivity index (χ0n) is 18.3. The molecule has 3 rings (SSSR count). The van der Waals surface area contributed by atoms with Crippen LogP contribution >= 0.6 is 0 Å². The molecular weight excluding hydrogens is 408 g/mol. The van der Waals surface area contributed by atoms with E-state index in [2.05, 4.69) is 22.5 Å². The Labute approximate surface area is 187 Å². The van der Waals surface area contributed by atoms with E-state index >= 15 is 0 Å². The number of ether oxygens (including phenoxy) is 2. The Morgan fingerprint density at radius 1 is 1.12 bits per heavy atom. The minimum atomic E-state index is -0.312. The minimum Gasteiger partial charge on any atom is -0.497 e. The predicted octanol–water partition coefficient (Wildman–Crippen LogP) is 4.35. The van der Waals surface area contributed by atoms with Crippen molar-refractivity contribution in [2.24, 2.45) is 0 Å². The third-order valence-electron chi connectivity index (χ3n) is 4.76. The Morgan fingerprint density at radius 3 is 2.75 bits per heavy atom. The number of anilines is 2. The van der Waals surface area contributed by atoms with Crippen LogP contribution in [0.3, 0.4) is 0 Å². The molecule has 0 bridgehead atoms. The van der Waals surface area contributed by atoms with Crippen molar-refractivity contribution < 1.29 is 19.1 Å². The Balaban J connectivity index is 1.65. The fourth-order valence-electron chi connectivity index (χ4n) is 2.99. The summed E-state index contributed by atoms with van der Waals surface area (Å²) in [6.45, 7) is 3.18. The Hall–Kier alpha value is -3.81. The van der Waals surface area contributed by atoms with Gasteiger partial charge in [0, 0.05) is 42.7 Å². The highest BCUT2D eigenvalue weighted by Gasteiger charge is 2.13. The first kappa shape index (κ1) is 22.9. The summed E-state index contributed by atoms with van der Waals surface area (Å²) in [6, 6.07) is 12.1. The van der Waals surface area contributed by atoms with E-state index in [1.807, 2.05) is 4.57 Å². The smallest absolute Gasteiger partial charge is 0.255 e. The van der Waals surface area contributed by atoms with Crippen molar-refractivity contribution in [2.45, 2.75) is 32.7 Å². The highest BCUT2D eigenvalue weighted by molar-refractivity contribution is 6.06. The number of aryl methyl sites for hydroxylation is 1. The lowest BCUT2D eigenvalue weighted by molar-refractivity contribution is -0.116. The summed E-state index contributed by atoms with van der Waals surface area (Å²) >= 11 is 0. The average molecular weight is 437 g/mol. The molecule has 0 saturated heterocycles. The molecule has 2 amide bonds. The second-order valence-corrected chi connectivity index (χ2v) is 7.20. The molecule has 0 radical (unpaired) electrons. The second-order valence-electron chi connectivity index (χ2n) is 7.20. The number of nitrogens with one attached hydrogen (secondary N) is 2. The van der Waals surface area contributed by atoms with Gasteiger partial charge in [-0.05, 0) is 36.8 Å². The third kappa shape index (κ3) is 6.60. The number of carbonyl (C=O) groups excluding carboxylic acids is 2. The van der Waals surface area contributed by atoms with Gasteiger partial charge < -0.3 is 24.7 Å². The van der Waals surface area contributed by atoms with E-state index in [-0.39, 0.29) is 11.8 Å². The molecule has 0 aliphatic carbocycles. The maximum atomic E-state index is 12.9. The van der Waals surface area contributed by atoms with Crippen molar-refractivity contribution in [3.63, 3.8) is 0 Å². The molecule has 0 saturated carbocycles. The highest BCUT2D eigenvalue weighted by atomic mass is 16.5. The molecule has 1 heterocycles. The van der Waals surface area contributed by atoms with Crippen LogP contribution in [0.2, 0.25) is 0 Å². The van der Waals surface area contributed by atoms with E-state index < -0.39 is 0 Å². The van der Waals surface area contributed by atoms with Gasteiger partial charge in [-0.2, -0.15) is 0 Å². The van der Waals surface area contributed by atoms with Crippen LogP contribution in [0, 0.1) is 0 Å². The van der Waals surface area contributed by atoms with Crippen LogP contribution in [0.5, 0.6) is 11.5 Å². The molecule has 1 aromatic heterocycles. The van der Waals surface area contributed by atoms with Crippen molar-refractivity contribution in [1.82, 2.24) is 9.55 Å². The maximum absolute atomic E-state index is 12.9. The lowest BCUT2D eigenvalue weighted by atomic mass is 10.1. The Kier molecular flexibility index (Phi) is 8.25. The van der Waals surface area contributed by atoms with Gasteiger partial charge in [-0.15, -0.1) is 0 Å². The molecule has 2 aromatic carbocycles. The number of benzene rings is 2. The maximum Gasteiger partial charge on any atom is 0.255 e. The van der Waals surface area contributed by atoms with Gasteiger partial charge in [0.15, 0.2) is 0 Å². The lowest BCUT2D eigenvalue weighted by Gasteiger charge is -2.14. The lowest BCUT2D eigenvalue weighted by Crippen LogP contribution is -2.16. The Bertz CT molecular complexity index is 1030. The van der Waals surface area contributed by atoms with E-state index in [9.17, 15) is 9.59 Å². The zero-order valence-corrected chi connectivity index (χ0v) is 18.3. The van der Waals surface area contributed by atoms with Gasteiger partial charge in [-0.3, -0.25) is 9.59 Å². The first-order valence-electron chi connectivity index (χ1n) is 10.6. The van der Waals surface area contributed by atoms with Crippen LogP contribution in [0.4, 0.5) is 11.4 Å². The molecule has 0 aliphatic rings. The number of hydrogen-bond acceptors (Lipinski definition) is 5. The molecule has 2 N–H and O–H groups in total. The fourth-order valence-corrected chi connectivity index (χ4v) is 2.99. The van der Waals surface area contributed by atoms with Crippen molar-refractivity contribution >= 4 is 23.2 Å². The number of hydrogen-bond donors (Lipinski definition) is 2. The number of unbranched alkanes of at least 4 members (excludes halogenated alkanes) is 1. The van der Waals surface area contributed by atoms with Gasteiger partial charge in [0.25, 0.3) is 5.91 Å². The molecule has 0 atom stereocenters. The van der Waals surface area contributed by atoms with E-state index in [1.54, 1.807) is 68.3 Å². The number of amides is 2. The van der Waals surface area contributed by atoms with Crippen molar-refractivity contribution in [3.8, 4) is 11.5 Å². The van der Waals surface area contributed by atoms with Crippen LogP contribution in [0.15, 0.2) is 61.2 Å². The first-order valence-corrected chi connectivity index (χ1v) is 10.6. The van der Waals surface area contributed by atoms with Gasteiger partial charge in [-0.25, -0.2) is 4.98 Å². The molecule has 8 nitrogen and oxygen atoms in total. The SMILES string of the molecule is CCCCOc1ccc(OC)cc1NC(=O)c1cccc(NC(=O)CCn2ccnc2)c1. The van der Waals surface area contributed by atoms with Gasteiger partial charge in [0.2, 0.25) is 5.91 Å². The summed E-state index contributed by atoms with van der Waals surface area (Å²) < 4.78 is 12.9. The van der Waals surface area contributed by atoms with Gasteiger partial charge in [0.1, 0.15) is 11.5 Å². The number of carbonyl (C=O) groups is 2. The van der Waals surface area contributed by atoms with Crippen LogP contribution in [-0.4, -0.2) is 35.1 Å². The van der Waals surface area contributed by atoms with E-state index in [0.29, 0.717) is 48.0 Å². The van der Waals surface area contributed by atoms with Crippen LogP contribution in [-0.2, 0) is 11.3 Å². The largest absolute Gasteiger partial charge is 0.497 e. The number of nitrogens with zero attached hydrogens (tertiary/aromatic N) is 2. The molecule has 0 spiro atoms. The summed E-state index contributed by atoms with van der Waals surface area (Å²) in [5, 5.41) is 5.72. The summed E-state index contributed by atoms with van der Waals surface area (Å²) in [6.07, 6.45) is 7.37. The van der Waals surface area contributed by atoms with Crippen LogP contribution < -0.4 is 20.1 Å². The summed E-state index contributed by atoms with van der Waals surface area (Å²) in [5.74, 6) is 0.738. The molecule has 32 heavy (non-hydrogen) atoms. The van der Waals surface area contributed by atoms with Gasteiger partial charge in [0.05, 0.1) is 25.7 Å². The molecule has 3 aromatic rings. The summed E-state index contributed by atoms with van der Waals surface area (Å²) in [7, 11) is 1.57. The molecule has 8 heteroatoms. The Morgan fingerprint density at radius 2 is 2.00 bits per heavy atom. The van der Waals surface area contributed by atoms with E-state index in [0.717, 1.165) is 12.8 Å². The topological polar surface area (TPSA) is 94.5 Å². The molecule has 0 aliphatic heterocycles. The number of imidazole rings is 1. The van der Waals surface area contributed by atoms with E-state index in [1.165, 1.54) is 0 Å². The summed E-state index contributed by atoms with van der Waals surface area (Å²) in [4.78, 5) is 29.1. The summed E-state index contributed by atoms with van der Waals surface area (Å²) in [5.41, 5.74) is 1.50. The second kappa shape index (κ2) is 11.5. The minimum absolute atomic E-state index is 0.143. The van der Waals surface area contributed by atoms with Crippen LogP contribution in [0.25, 0.3) is 0 Å². The average Bonchev–Trinajstić information content (AvgIpc) is 3.32. The zero-order chi connectivity index (χ0) is 22.8. The predicted molar refractivity (Wildman–Crippen MR) is 123 cm³/mol. The third-order valence-corrected chi connectivity index (χ3v) is 4.76. The fraction of sp³-hybridized carbons (Fsp3) is 0.292. The first-order chi connectivity index (χ1) is 15.6. The van der Waals surface area contributed by atoms with E-state index in [4.69, 9.17) is 9.47 Å². The molecule has 0 unspecified atom stereocenters. The molecule has 0 fully saturated rings. The van der Waals surface area contributed by atoms with Crippen LogP contribution in [0.1, 0.15) is 36.5 Å². The number of aromatic nitrogens is 2. The molecular formula is C24H28N4O4. The monoisotopic (exact) mass is 436 g/mol. The number of rotatable bonds is 11. The highest BCUT2D eigenvalue weighted by Crippen LogP contribution is 2.30. The van der Waals surface area contributed by atoms with Crippen molar-refractivity contribution in [1.29, 1.82) is 0 Å². The van der Waals surface area contributed by atoms with Gasteiger partial charge >= 0.3 is 0 Å². The number of methoxy groups -OCH3 is 1. The molecule has 168 valence electrons. The van der Waals surface area contributed by atoms with Crippen molar-refractivity contribution in [3.05, 3.63) is 66.7 Å². The van der Waals surface area contributed by atoms with Crippen molar-refractivity contribution in [2.75, 3.05) is 24.4 Å². The standard InChI is InChI=1S/C24H28N4O4/c1-3-4-14-32-22-9-8-20(31-2)16-21(22)27-24(30)18-6-5-7-19(15-18)26-23(29)10-12-28-13-11-25-17-28/h5-9,11,13,15-17H,3-4,10,12,14H2,1-2H3,(H,26,29)(H,27,30).